The highest BCUT2D eigenvalue weighted by molar-refractivity contribution is 6.06. The number of ether oxygens (including phenoxy) is 3. The van der Waals surface area contributed by atoms with Gasteiger partial charge in [-0.05, 0) is 42.8 Å². The second-order valence-electron chi connectivity index (χ2n) is 6.23. The van der Waals surface area contributed by atoms with Crippen LogP contribution >= 0.6 is 0 Å². The van der Waals surface area contributed by atoms with Crippen molar-refractivity contribution in [3.8, 4) is 11.5 Å². The molecule has 2 aromatic rings. The molecular weight excluding hydrogens is 342 g/mol. The van der Waals surface area contributed by atoms with E-state index in [1.54, 1.807) is 13.2 Å². The van der Waals surface area contributed by atoms with Crippen molar-refractivity contribution in [2.75, 3.05) is 32.2 Å². The minimum absolute atomic E-state index is 0.188. The van der Waals surface area contributed by atoms with Crippen LogP contribution in [0.4, 0.5) is 5.69 Å². The van der Waals surface area contributed by atoms with Gasteiger partial charge in [0.05, 0.1) is 18.8 Å². The average Bonchev–Trinajstić information content (AvgIpc) is 2.69. The van der Waals surface area contributed by atoms with Crippen LogP contribution in [0.5, 0.6) is 11.5 Å². The molecule has 1 N–H and O–H groups in total. The summed E-state index contributed by atoms with van der Waals surface area (Å²) in [6.07, 6.45) is 4.53. The Bertz CT molecular complexity index is 685. The first-order chi connectivity index (χ1) is 13.2. The van der Waals surface area contributed by atoms with Gasteiger partial charge in [-0.3, -0.25) is 4.79 Å². The van der Waals surface area contributed by atoms with E-state index in [1.807, 2.05) is 42.5 Å². The Hall–Kier alpha value is -2.53. The van der Waals surface area contributed by atoms with Crippen molar-refractivity contribution in [1.29, 1.82) is 0 Å². The molecule has 0 heterocycles. The molecule has 0 saturated carbocycles. The molecule has 0 aliphatic rings. The van der Waals surface area contributed by atoms with Crippen LogP contribution in [-0.2, 0) is 4.74 Å². The largest absolute Gasteiger partial charge is 0.493 e. The molecular formula is C22H29NO4. The van der Waals surface area contributed by atoms with Gasteiger partial charge >= 0.3 is 0 Å². The molecule has 5 nitrogen and oxygen atoms in total. The number of hydrogen-bond acceptors (Lipinski definition) is 4. The van der Waals surface area contributed by atoms with Gasteiger partial charge < -0.3 is 19.5 Å². The molecule has 1 amide bonds. The average molecular weight is 371 g/mol. The lowest BCUT2D eigenvalue weighted by Crippen LogP contribution is -2.14. The monoisotopic (exact) mass is 371 g/mol. The number of para-hydroxylation sites is 1. The van der Waals surface area contributed by atoms with Crippen LogP contribution in [0.2, 0.25) is 0 Å². The van der Waals surface area contributed by atoms with Crippen LogP contribution in [0.15, 0.2) is 48.5 Å². The number of unbranched alkanes of at least 4 members (excludes halogenated alkanes) is 3. The second-order valence-corrected chi connectivity index (χ2v) is 6.23. The van der Waals surface area contributed by atoms with Crippen molar-refractivity contribution in [3.05, 3.63) is 54.1 Å². The molecule has 0 saturated heterocycles. The summed E-state index contributed by atoms with van der Waals surface area (Å²) in [6.45, 7) is 3.83. The molecule has 2 rings (SSSR count). The Balaban J connectivity index is 1.91. The third kappa shape index (κ3) is 7.31. The van der Waals surface area contributed by atoms with E-state index in [0.29, 0.717) is 36.8 Å². The smallest absolute Gasteiger partial charge is 0.259 e. The molecule has 0 fully saturated rings. The third-order valence-corrected chi connectivity index (χ3v) is 4.06. The summed E-state index contributed by atoms with van der Waals surface area (Å²) in [5.41, 5.74) is 1.24. The third-order valence-electron chi connectivity index (χ3n) is 4.06. The first kappa shape index (κ1) is 20.8. The molecule has 0 unspecified atom stereocenters. The molecule has 0 atom stereocenters. The number of rotatable bonds is 12. The minimum Gasteiger partial charge on any atom is -0.493 e. The highest BCUT2D eigenvalue weighted by Gasteiger charge is 2.12. The van der Waals surface area contributed by atoms with E-state index in [2.05, 4.69) is 12.2 Å². The Morgan fingerprint density at radius 3 is 2.41 bits per heavy atom. The van der Waals surface area contributed by atoms with Gasteiger partial charge in [-0.1, -0.05) is 38.3 Å². The molecule has 0 radical (unpaired) electrons. The number of carbonyl (C=O) groups excluding carboxylic acids is 1. The van der Waals surface area contributed by atoms with Crippen LogP contribution in [0.3, 0.4) is 0 Å². The Morgan fingerprint density at radius 1 is 0.889 bits per heavy atom. The van der Waals surface area contributed by atoms with E-state index in [4.69, 9.17) is 14.2 Å². The van der Waals surface area contributed by atoms with Gasteiger partial charge in [-0.25, -0.2) is 0 Å². The van der Waals surface area contributed by atoms with Crippen LogP contribution in [-0.4, -0.2) is 32.8 Å². The number of anilines is 1. The maximum atomic E-state index is 12.6. The van der Waals surface area contributed by atoms with Gasteiger partial charge in [0.2, 0.25) is 0 Å². The van der Waals surface area contributed by atoms with Crippen LogP contribution in [0.1, 0.15) is 43.0 Å². The fraction of sp³-hybridized carbons (Fsp3) is 0.409. The highest BCUT2D eigenvalue weighted by atomic mass is 16.5. The molecule has 0 aromatic heterocycles. The SMILES string of the molecule is CCCCCCOc1ccccc1C(=O)Nc1ccc(OCCOC)cc1. The molecule has 0 aliphatic carbocycles. The van der Waals surface area contributed by atoms with Gasteiger partial charge in [0.25, 0.3) is 5.91 Å². The first-order valence-corrected chi connectivity index (χ1v) is 9.49. The van der Waals surface area contributed by atoms with E-state index in [9.17, 15) is 4.79 Å². The fourth-order valence-electron chi connectivity index (χ4n) is 2.57. The quantitative estimate of drug-likeness (QED) is 0.538. The maximum Gasteiger partial charge on any atom is 0.259 e. The van der Waals surface area contributed by atoms with Crippen molar-refractivity contribution >= 4 is 11.6 Å². The van der Waals surface area contributed by atoms with Crippen molar-refractivity contribution < 1.29 is 19.0 Å². The predicted molar refractivity (Wildman–Crippen MR) is 108 cm³/mol. The lowest BCUT2D eigenvalue weighted by atomic mass is 10.1. The van der Waals surface area contributed by atoms with Gasteiger partial charge in [0.1, 0.15) is 18.1 Å². The molecule has 27 heavy (non-hydrogen) atoms. The molecule has 0 spiro atoms. The van der Waals surface area contributed by atoms with Crippen molar-refractivity contribution in [1.82, 2.24) is 0 Å². The lowest BCUT2D eigenvalue weighted by molar-refractivity contribution is 0.102. The summed E-state index contributed by atoms with van der Waals surface area (Å²) in [5, 5.41) is 2.90. The van der Waals surface area contributed by atoms with Crippen LogP contribution in [0, 0.1) is 0 Å². The highest BCUT2D eigenvalue weighted by Crippen LogP contribution is 2.21. The van der Waals surface area contributed by atoms with E-state index >= 15 is 0 Å². The number of carbonyl (C=O) groups is 1. The molecule has 146 valence electrons. The Kier molecular flexibility index (Phi) is 9.21. The van der Waals surface area contributed by atoms with Gasteiger partial charge in [-0.15, -0.1) is 0 Å². The number of nitrogens with one attached hydrogen (secondary N) is 1. The fourth-order valence-corrected chi connectivity index (χ4v) is 2.57. The molecule has 0 aliphatic heterocycles. The van der Waals surface area contributed by atoms with Crippen LogP contribution in [0.25, 0.3) is 0 Å². The van der Waals surface area contributed by atoms with Crippen molar-refractivity contribution in [3.63, 3.8) is 0 Å². The van der Waals surface area contributed by atoms with Crippen molar-refractivity contribution in [2.24, 2.45) is 0 Å². The summed E-state index contributed by atoms with van der Waals surface area (Å²) in [5.74, 6) is 1.17. The topological polar surface area (TPSA) is 56.8 Å². The molecule has 5 heteroatoms. The zero-order valence-electron chi connectivity index (χ0n) is 16.2. The van der Waals surface area contributed by atoms with E-state index in [0.717, 1.165) is 18.6 Å². The van der Waals surface area contributed by atoms with Crippen molar-refractivity contribution in [2.45, 2.75) is 32.6 Å². The van der Waals surface area contributed by atoms with E-state index in [1.165, 1.54) is 12.8 Å². The molecule has 2 aromatic carbocycles. The Morgan fingerprint density at radius 2 is 1.67 bits per heavy atom. The standard InChI is InChI=1S/C22H29NO4/c1-3-4-5-8-15-27-21-10-7-6-9-20(21)22(24)23-18-11-13-19(14-12-18)26-17-16-25-2/h6-7,9-14H,3-5,8,15-17H2,1-2H3,(H,23,24). The summed E-state index contributed by atoms with van der Waals surface area (Å²) >= 11 is 0. The zero-order valence-corrected chi connectivity index (χ0v) is 16.2. The number of amides is 1. The number of methoxy groups -OCH3 is 1. The maximum absolute atomic E-state index is 12.6. The predicted octanol–water partition coefficient (Wildman–Crippen LogP) is 4.92. The van der Waals surface area contributed by atoms with E-state index in [-0.39, 0.29) is 5.91 Å². The second kappa shape index (κ2) is 12.0. The number of benzene rings is 2. The van der Waals surface area contributed by atoms with Crippen LogP contribution < -0.4 is 14.8 Å². The first-order valence-electron chi connectivity index (χ1n) is 9.49. The van der Waals surface area contributed by atoms with E-state index < -0.39 is 0 Å². The van der Waals surface area contributed by atoms with Gasteiger partial charge in [-0.2, -0.15) is 0 Å². The van der Waals surface area contributed by atoms with Gasteiger partial charge in [0, 0.05) is 12.8 Å². The summed E-state index contributed by atoms with van der Waals surface area (Å²) in [4.78, 5) is 12.6. The zero-order chi connectivity index (χ0) is 19.3. The summed E-state index contributed by atoms with van der Waals surface area (Å²) in [7, 11) is 1.63. The normalized spacial score (nSPS) is 10.4. The molecule has 0 bridgehead atoms. The summed E-state index contributed by atoms with van der Waals surface area (Å²) < 4.78 is 16.3. The Labute approximate surface area is 161 Å². The number of hydrogen-bond donors (Lipinski definition) is 1. The van der Waals surface area contributed by atoms with Gasteiger partial charge in [0.15, 0.2) is 0 Å². The summed E-state index contributed by atoms with van der Waals surface area (Å²) in [6, 6.07) is 14.6. The minimum atomic E-state index is -0.188. The lowest BCUT2D eigenvalue weighted by Gasteiger charge is -2.12.